The minimum atomic E-state index is -0.288. The molecular formula is C100H130F2N10O6. The van der Waals surface area contributed by atoms with Crippen LogP contribution < -0.4 is 28.4 Å². The number of nitrogens with zero attached hydrogens (tertiary/aromatic N) is 10. The standard InChI is InChI=1S/C15H15F.C12H13N.2C11H14O.C10H13FO.C9H14N2O.C9H13NO.C8H12N2O.C8H12N2.C7H10N2/c1-11(2)13-8-9-14(15(16)10-13)12-6-4-3-5-7-12;1-9(2)11-7-10-5-3-4-6-12(10)13-8-11;1-8(2)9-3-4-11-10(7-9)5-6-12-11;1-8(2)10-4-3-9-5-6-12-11(9)7-10;1-7(2)8-4-5-10(12-3)9(11)6-8;1-4-12-9-10-5-8(6-11-9)7(2)3;1-7(2)8-4-5-9(11-3)10-6-8;1-6(2)7-4-9-8(11-3)10-5-7;1-6(2)8-4-9-7(3)10-5-8;1-6(2)7-3-8-5-9-4-7/h3-11H,1-2H3;3-9H,1-2H3;2*3-4,7-8H,5-6H2,1-2H3;4-7H,1-3H3;5-7H,4H2,1-3H3;4-7H,1-3H3;4-6H,1-3H3;4-6H,1-3H3;3-6H,1-2H3. The molecule has 6 aromatic carbocycles. The molecule has 16 nitrogen and oxygen atoms in total. The molecule has 0 amide bonds. The topological polar surface area (TPSA) is 184 Å². The average molecular weight is 1610 g/mol. The Morgan fingerprint density at radius 2 is 0.780 bits per heavy atom. The van der Waals surface area contributed by atoms with Gasteiger partial charge in [0.2, 0.25) is 5.88 Å². The fourth-order valence-electron chi connectivity index (χ4n) is 11.0. The molecule has 2 aliphatic rings. The Morgan fingerprint density at radius 3 is 1.26 bits per heavy atom. The molecule has 0 spiro atoms. The summed E-state index contributed by atoms with van der Waals surface area (Å²) in [6.45, 7) is 48.8. The Hall–Kier alpha value is -11.1. The van der Waals surface area contributed by atoms with Gasteiger partial charge in [0, 0.05) is 91.8 Å². The Morgan fingerprint density at radius 1 is 0.347 bits per heavy atom. The zero-order valence-electron chi connectivity index (χ0n) is 74.7. The van der Waals surface area contributed by atoms with Crippen molar-refractivity contribution in [2.75, 3.05) is 41.2 Å². The van der Waals surface area contributed by atoms with E-state index in [9.17, 15) is 8.78 Å². The highest BCUT2D eigenvalue weighted by molar-refractivity contribution is 5.78. The molecule has 0 aliphatic carbocycles. The van der Waals surface area contributed by atoms with Crippen LogP contribution in [0.15, 0.2) is 214 Å². The lowest BCUT2D eigenvalue weighted by Gasteiger charge is -2.08. The van der Waals surface area contributed by atoms with Crippen LogP contribution in [0.2, 0.25) is 0 Å². The third kappa shape index (κ3) is 34.2. The number of rotatable bonds is 16. The van der Waals surface area contributed by atoms with Crippen molar-refractivity contribution < 1.29 is 37.2 Å². The van der Waals surface area contributed by atoms with E-state index in [1.807, 2.05) is 156 Å². The van der Waals surface area contributed by atoms with Gasteiger partial charge in [0.1, 0.15) is 29.5 Å². The molecule has 0 saturated heterocycles. The van der Waals surface area contributed by atoms with Crippen molar-refractivity contribution >= 4 is 10.9 Å². The van der Waals surface area contributed by atoms with E-state index in [1.54, 1.807) is 45.1 Å². The number of benzene rings is 6. The molecule has 18 heteroatoms. The Bertz CT molecular complexity index is 4660. The number of aryl methyl sites for hydroxylation is 1. The van der Waals surface area contributed by atoms with Gasteiger partial charge >= 0.3 is 12.0 Å². The van der Waals surface area contributed by atoms with Gasteiger partial charge in [-0.05, 0) is 188 Å². The van der Waals surface area contributed by atoms with Crippen LogP contribution in [0.5, 0.6) is 35.1 Å². The number of halogens is 2. The third-order valence-electron chi connectivity index (χ3n) is 19.1. The average Bonchev–Trinajstić information content (AvgIpc) is 1.41. The molecule has 0 saturated carbocycles. The summed E-state index contributed by atoms with van der Waals surface area (Å²) in [5.41, 5.74) is 17.4. The van der Waals surface area contributed by atoms with Gasteiger partial charge in [-0.1, -0.05) is 236 Å². The maximum Gasteiger partial charge on any atom is 0.316 e. The van der Waals surface area contributed by atoms with Crippen molar-refractivity contribution in [3.63, 3.8) is 0 Å². The normalized spacial score (nSPS) is 11.3. The number of fused-ring (bicyclic) bond motifs is 3. The maximum atomic E-state index is 13.9. The van der Waals surface area contributed by atoms with E-state index in [4.69, 9.17) is 28.4 Å². The fraction of sp³-hybridized carbons (Fsp3) is 0.400. The second kappa shape index (κ2) is 51.8. The fourth-order valence-corrected chi connectivity index (χ4v) is 11.0. The van der Waals surface area contributed by atoms with Gasteiger partial charge in [0.05, 0.1) is 46.7 Å². The van der Waals surface area contributed by atoms with Gasteiger partial charge in [-0.2, -0.15) is 0 Å². The quantitative estimate of drug-likeness (QED) is 0.0889. The number of para-hydroxylation sites is 1. The highest BCUT2D eigenvalue weighted by Gasteiger charge is 2.16. The first-order valence-electron chi connectivity index (χ1n) is 41.2. The number of ether oxygens (including phenoxy) is 6. The molecular weight excluding hydrogens is 1480 g/mol. The van der Waals surface area contributed by atoms with Crippen LogP contribution in [-0.2, 0) is 12.8 Å². The van der Waals surface area contributed by atoms with Crippen LogP contribution in [0.1, 0.15) is 277 Å². The second-order valence-corrected chi connectivity index (χ2v) is 31.5. The van der Waals surface area contributed by atoms with E-state index < -0.39 is 0 Å². The molecule has 12 aromatic rings. The smallest absolute Gasteiger partial charge is 0.316 e. The third-order valence-corrected chi connectivity index (χ3v) is 19.1. The monoisotopic (exact) mass is 1610 g/mol. The number of methoxy groups -OCH3 is 3. The van der Waals surface area contributed by atoms with E-state index >= 15 is 0 Å². The Balaban J connectivity index is 0.000000234. The summed E-state index contributed by atoms with van der Waals surface area (Å²) in [5.74, 6) is 8.60. The largest absolute Gasteiger partial charge is 0.494 e. The second-order valence-electron chi connectivity index (χ2n) is 31.5. The Labute approximate surface area is 704 Å². The molecule has 0 fully saturated rings. The minimum Gasteiger partial charge on any atom is -0.494 e. The van der Waals surface area contributed by atoms with Crippen LogP contribution in [0.3, 0.4) is 0 Å². The zero-order chi connectivity index (χ0) is 86.8. The number of hydrogen-bond donors (Lipinski definition) is 0. The lowest BCUT2D eigenvalue weighted by atomic mass is 9.98. The first kappa shape index (κ1) is 97.4. The van der Waals surface area contributed by atoms with E-state index in [2.05, 4.69) is 223 Å². The Kier molecular flexibility index (Phi) is 42.8. The molecule has 14 rings (SSSR count). The van der Waals surface area contributed by atoms with E-state index in [1.165, 1.54) is 63.1 Å². The first-order chi connectivity index (χ1) is 56.4. The van der Waals surface area contributed by atoms with Crippen molar-refractivity contribution in [2.24, 2.45) is 0 Å². The van der Waals surface area contributed by atoms with Crippen LogP contribution in [0, 0.1) is 18.6 Å². The van der Waals surface area contributed by atoms with Gasteiger partial charge in [-0.25, -0.2) is 53.6 Å². The van der Waals surface area contributed by atoms with Gasteiger partial charge < -0.3 is 28.4 Å². The SMILES string of the molecule is CC(C)c1ccc(-c2ccccc2)c(F)c1.CC(C)c1ccc2c(c1)CCO2.CC(C)c1ccc2c(c1)OCC2.CC(C)c1cnc2ccccc2c1.CC(C)c1cncnc1.CCOc1ncc(C(C)C)cn1.COc1ccc(C(C)C)cc1F.COc1ccc(C(C)C)cn1.COc1ncc(C(C)C)cn1.Cc1ncc(C(C)C)cn1. The molecule has 118 heavy (non-hydrogen) atoms. The predicted molar refractivity (Wildman–Crippen MR) is 480 cm³/mol. The van der Waals surface area contributed by atoms with Gasteiger partial charge in [0.15, 0.2) is 11.6 Å². The van der Waals surface area contributed by atoms with Crippen LogP contribution in [0.25, 0.3) is 22.0 Å². The van der Waals surface area contributed by atoms with Crippen molar-refractivity contribution in [3.8, 4) is 46.3 Å². The van der Waals surface area contributed by atoms with Gasteiger partial charge in [-0.15, -0.1) is 0 Å². The first-order valence-corrected chi connectivity index (χ1v) is 41.2. The molecule has 6 aromatic heterocycles. The summed E-state index contributed by atoms with van der Waals surface area (Å²) in [4.78, 5) is 40.5. The highest BCUT2D eigenvalue weighted by Crippen LogP contribution is 2.32. The van der Waals surface area contributed by atoms with Gasteiger partial charge in [0.25, 0.3) is 0 Å². The molecule has 0 N–H and O–H groups in total. The van der Waals surface area contributed by atoms with Crippen LogP contribution in [0.4, 0.5) is 8.78 Å². The summed E-state index contributed by atoms with van der Waals surface area (Å²) in [6, 6.07) is 48.5. The number of pyridine rings is 2. The minimum absolute atomic E-state index is 0.141. The summed E-state index contributed by atoms with van der Waals surface area (Å²) in [5, 5.41) is 1.23. The summed E-state index contributed by atoms with van der Waals surface area (Å²) in [6.07, 6.45) is 22.2. The summed E-state index contributed by atoms with van der Waals surface area (Å²) >= 11 is 0. The van der Waals surface area contributed by atoms with Gasteiger partial charge in [-0.3, -0.25) is 4.98 Å². The zero-order valence-corrected chi connectivity index (χ0v) is 74.7. The van der Waals surface area contributed by atoms with E-state index in [0.29, 0.717) is 95.0 Å². The van der Waals surface area contributed by atoms with Crippen LogP contribution >= 0.6 is 0 Å². The summed E-state index contributed by atoms with van der Waals surface area (Å²) < 4.78 is 57.6. The van der Waals surface area contributed by atoms with E-state index in [0.717, 1.165) is 76.7 Å². The maximum absolute atomic E-state index is 13.9. The lowest BCUT2D eigenvalue weighted by molar-refractivity contribution is 0.312. The summed E-state index contributed by atoms with van der Waals surface area (Å²) in [7, 11) is 4.65. The van der Waals surface area contributed by atoms with Crippen molar-refractivity contribution in [2.45, 2.75) is 224 Å². The molecule has 0 atom stereocenters. The van der Waals surface area contributed by atoms with Crippen molar-refractivity contribution in [3.05, 3.63) is 298 Å². The van der Waals surface area contributed by atoms with Crippen molar-refractivity contribution in [1.29, 1.82) is 0 Å². The number of hydrogen-bond acceptors (Lipinski definition) is 16. The molecule has 0 radical (unpaired) electrons. The molecule has 0 unspecified atom stereocenters. The predicted octanol–water partition coefficient (Wildman–Crippen LogP) is 25.8. The number of aromatic nitrogens is 10. The molecule has 0 bridgehead atoms. The van der Waals surface area contributed by atoms with E-state index in [-0.39, 0.29) is 11.6 Å². The lowest BCUT2D eigenvalue weighted by Crippen LogP contribution is -1.98. The molecule has 630 valence electrons. The highest BCUT2D eigenvalue weighted by atomic mass is 19.1. The molecule has 8 heterocycles. The molecule has 2 aliphatic heterocycles. The van der Waals surface area contributed by atoms with Crippen LogP contribution in [-0.4, -0.2) is 91.0 Å². The van der Waals surface area contributed by atoms with Crippen molar-refractivity contribution in [1.82, 2.24) is 49.8 Å².